The van der Waals surface area contributed by atoms with Crippen LogP contribution in [-0.4, -0.2) is 43.0 Å². The third-order valence-corrected chi connectivity index (χ3v) is 6.18. The van der Waals surface area contributed by atoms with Crippen molar-refractivity contribution in [1.29, 1.82) is 0 Å². The summed E-state index contributed by atoms with van der Waals surface area (Å²) >= 11 is 0. The van der Waals surface area contributed by atoms with Gasteiger partial charge in [-0.05, 0) is 74.1 Å². The SMILES string of the molecule is CCCOc1ccc(C2=C(N3CCC(C)CC3)C(=O)N(c3ccc(OCC)cc3)C2=O)cc1. The maximum absolute atomic E-state index is 13.7. The zero-order chi connectivity index (χ0) is 23.4. The van der Waals surface area contributed by atoms with E-state index in [1.165, 1.54) is 4.90 Å². The fourth-order valence-corrected chi connectivity index (χ4v) is 4.33. The minimum absolute atomic E-state index is 0.264. The molecule has 0 radical (unpaired) electrons. The van der Waals surface area contributed by atoms with Gasteiger partial charge in [-0.15, -0.1) is 0 Å². The Morgan fingerprint density at radius 3 is 2.06 bits per heavy atom. The molecule has 0 saturated carbocycles. The third-order valence-electron chi connectivity index (χ3n) is 6.18. The van der Waals surface area contributed by atoms with E-state index in [9.17, 15) is 9.59 Å². The first-order valence-electron chi connectivity index (χ1n) is 11.9. The Morgan fingerprint density at radius 2 is 1.45 bits per heavy atom. The van der Waals surface area contributed by atoms with Crippen molar-refractivity contribution in [2.24, 2.45) is 5.92 Å². The van der Waals surface area contributed by atoms with E-state index in [4.69, 9.17) is 9.47 Å². The van der Waals surface area contributed by atoms with Crippen LogP contribution in [0.3, 0.4) is 0 Å². The number of carbonyl (C=O) groups excluding carboxylic acids is 2. The lowest BCUT2D eigenvalue weighted by Gasteiger charge is -2.32. The largest absolute Gasteiger partial charge is 0.494 e. The zero-order valence-corrected chi connectivity index (χ0v) is 19.7. The maximum Gasteiger partial charge on any atom is 0.282 e. The van der Waals surface area contributed by atoms with Crippen LogP contribution < -0.4 is 14.4 Å². The van der Waals surface area contributed by atoms with Gasteiger partial charge in [-0.25, -0.2) is 4.90 Å². The number of carbonyl (C=O) groups is 2. The van der Waals surface area contributed by atoms with Crippen molar-refractivity contribution in [1.82, 2.24) is 4.90 Å². The smallest absolute Gasteiger partial charge is 0.282 e. The number of benzene rings is 2. The Balaban J connectivity index is 1.70. The van der Waals surface area contributed by atoms with Gasteiger partial charge in [0.05, 0.1) is 24.5 Å². The van der Waals surface area contributed by atoms with Crippen LogP contribution in [0.2, 0.25) is 0 Å². The predicted octanol–water partition coefficient (Wildman–Crippen LogP) is 4.89. The molecule has 0 N–H and O–H groups in total. The van der Waals surface area contributed by atoms with E-state index >= 15 is 0 Å². The second-order valence-electron chi connectivity index (χ2n) is 8.64. The number of piperidine rings is 1. The van der Waals surface area contributed by atoms with Crippen LogP contribution in [0.15, 0.2) is 54.2 Å². The summed E-state index contributed by atoms with van der Waals surface area (Å²) in [4.78, 5) is 30.7. The maximum atomic E-state index is 13.7. The van der Waals surface area contributed by atoms with Crippen LogP contribution in [-0.2, 0) is 9.59 Å². The Bertz CT molecular complexity index is 1020. The van der Waals surface area contributed by atoms with E-state index in [-0.39, 0.29) is 11.8 Å². The predicted molar refractivity (Wildman–Crippen MR) is 129 cm³/mol. The molecule has 2 heterocycles. The lowest BCUT2D eigenvalue weighted by molar-refractivity contribution is -0.120. The van der Waals surface area contributed by atoms with Gasteiger partial charge in [0.15, 0.2) is 0 Å². The highest BCUT2D eigenvalue weighted by atomic mass is 16.5. The van der Waals surface area contributed by atoms with Gasteiger partial charge < -0.3 is 14.4 Å². The summed E-state index contributed by atoms with van der Waals surface area (Å²) < 4.78 is 11.2. The molecule has 0 atom stereocenters. The summed E-state index contributed by atoms with van der Waals surface area (Å²) in [7, 11) is 0. The molecule has 2 aliphatic heterocycles. The van der Waals surface area contributed by atoms with Crippen molar-refractivity contribution in [3.63, 3.8) is 0 Å². The van der Waals surface area contributed by atoms with Crippen molar-refractivity contribution in [3.05, 3.63) is 59.8 Å². The van der Waals surface area contributed by atoms with Crippen molar-refractivity contribution < 1.29 is 19.1 Å². The molecular formula is C27H32N2O4. The van der Waals surface area contributed by atoms with Gasteiger partial charge >= 0.3 is 0 Å². The average Bonchev–Trinajstić information content (AvgIpc) is 3.09. The molecule has 2 aliphatic rings. The number of likely N-dealkylation sites (tertiary alicyclic amines) is 1. The van der Waals surface area contributed by atoms with Crippen molar-refractivity contribution >= 4 is 23.1 Å². The second kappa shape index (κ2) is 10.1. The molecule has 0 spiro atoms. The Labute approximate surface area is 195 Å². The van der Waals surface area contributed by atoms with Gasteiger partial charge in [-0.1, -0.05) is 26.0 Å². The van der Waals surface area contributed by atoms with E-state index in [1.54, 1.807) is 24.3 Å². The van der Waals surface area contributed by atoms with Crippen molar-refractivity contribution in [2.45, 2.75) is 40.0 Å². The molecular weight excluding hydrogens is 416 g/mol. The third kappa shape index (κ3) is 4.75. The van der Waals surface area contributed by atoms with Gasteiger partial charge in [0.2, 0.25) is 0 Å². The first-order chi connectivity index (χ1) is 16.0. The number of anilines is 1. The van der Waals surface area contributed by atoms with Crippen LogP contribution in [0, 0.1) is 5.92 Å². The van der Waals surface area contributed by atoms with Crippen LogP contribution >= 0.6 is 0 Å². The molecule has 0 bridgehead atoms. The summed E-state index contributed by atoms with van der Waals surface area (Å²) in [6.45, 7) is 8.95. The van der Waals surface area contributed by atoms with Crippen molar-refractivity contribution in [2.75, 3.05) is 31.2 Å². The Kier molecular flexibility index (Phi) is 7.02. The van der Waals surface area contributed by atoms with Gasteiger partial charge in [0, 0.05) is 13.1 Å². The molecule has 4 rings (SSSR count). The lowest BCUT2D eigenvalue weighted by Crippen LogP contribution is -2.38. The van der Waals surface area contributed by atoms with E-state index in [1.807, 2.05) is 31.2 Å². The first kappa shape index (κ1) is 22.9. The highest BCUT2D eigenvalue weighted by Gasteiger charge is 2.43. The summed E-state index contributed by atoms with van der Waals surface area (Å²) in [6, 6.07) is 14.6. The molecule has 2 aromatic rings. The molecule has 2 aromatic carbocycles. The quantitative estimate of drug-likeness (QED) is 0.538. The molecule has 0 aliphatic carbocycles. The molecule has 6 nitrogen and oxygen atoms in total. The van der Waals surface area contributed by atoms with E-state index in [0.29, 0.717) is 41.8 Å². The summed E-state index contributed by atoms with van der Waals surface area (Å²) in [5, 5.41) is 0. The number of hydrogen-bond acceptors (Lipinski definition) is 5. The summed E-state index contributed by atoms with van der Waals surface area (Å²) in [5.74, 6) is 1.53. The highest BCUT2D eigenvalue weighted by molar-refractivity contribution is 6.45. The average molecular weight is 449 g/mol. The highest BCUT2D eigenvalue weighted by Crippen LogP contribution is 2.37. The molecule has 6 heteroatoms. The number of amides is 2. The van der Waals surface area contributed by atoms with Gasteiger partial charge in [0.25, 0.3) is 11.8 Å². The monoisotopic (exact) mass is 448 g/mol. The molecule has 2 amide bonds. The standard InChI is InChI=1S/C27H32N2O4/c1-4-18-33-23-10-6-20(7-11-23)24-25(28-16-14-19(3)15-17-28)27(31)29(26(24)30)21-8-12-22(13-9-21)32-5-2/h6-13,19H,4-5,14-18H2,1-3H3. The molecule has 33 heavy (non-hydrogen) atoms. The number of hydrogen-bond donors (Lipinski definition) is 0. The number of imide groups is 1. The van der Waals surface area contributed by atoms with Crippen LogP contribution in [0.5, 0.6) is 11.5 Å². The molecule has 1 fully saturated rings. The second-order valence-corrected chi connectivity index (χ2v) is 8.64. The molecule has 174 valence electrons. The minimum Gasteiger partial charge on any atom is -0.494 e. The van der Waals surface area contributed by atoms with Crippen LogP contribution in [0.1, 0.15) is 45.6 Å². The molecule has 0 unspecified atom stereocenters. The number of nitrogens with zero attached hydrogens (tertiary/aromatic N) is 2. The Hall–Kier alpha value is -3.28. The van der Waals surface area contributed by atoms with Gasteiger partial charge in [0.1, 0.15) is 17.2 Å². The molecule has 0 aromatic heterocycles. The first-order valence-corrected chi connectivity index (χ1v) is 11.9. The van der Waals surface area contributed by atoms with E-state index in [2.05, 4.69) is 18.7 Å². The number of ether oxygens (including phenoxy) is 2. The zero-order valence-electron chi connectivity index (χ0n) is 19.7. The molecule has 1 saturated heterocycles. The van der Waals surface area contributed by atoms with Crippen molar-refractivity contribution in [3.8, 4) is 11.5 Å². The minimum atomic E-state index is -0.292. The van der Waals surface area contributed by atoms with E-state index < -0.39 is 0 Å². The van der Waals surface area contributed by atoms with Crippen LogP contribution in [0.25, 0.3) is 5.57 Å². The van der Waals surface area contributed by atoms with Gasteiger partial charge in [-0.2, -0.15) is 0 Å². The number of rotatable bonds is 8. The fourth-order valence-electron chi connectivity index (χ4n) is 4.33. The normalized spacial score (nSPS) is 17.2. The summed E-state index contributed by atoms with van der Waals surface area (Å²) in [5.41, 5.74) is 2.25. The Morgan fingerprint density at radius 1 is 0.848 bits per heavy atom. The van der Waals surface area contributed by atoms with Gasteiger partial charge in [-0.3, -0.25) is 9.59 Å². The lowest BCUT2D eigenvalue weighted by atomic mass is 9.97. The summed E-state index contributed by atoms with van der Waals surface area (Å²) in [6.07, 6.45) is 2.94. The fraction of sp³-hybridized carbons (Fsp3) is 0.407. The van der Waals surface area contributed by atoms with E-state index in [0.717, 1.165) is 43.7 Å². The topological polar surface area (TPSA) is 59.1 Å². The van der Waals surface area contributed by atoms with Crippen LogP contribution in [0.4, 0.5) is 5.69 Å².